The van der Waals surface area contributed by atoms with Gasteiger partial charge < -0.3 is 32.3 Å². The number of nitrogens with two attached hydrogens (primary N) is 2. The first-order valence-corrected chi connectivity index (χ1v) is 8.59. The monoisotopic (exact) mass is 374 g/mol. The molecule has 0 saturated heterocycles. The molecule has 0 aromatic carbocycles. The van der Waals surface area contributed by atoms with Crippen LogP contribution >= 0.6 is 0 Å². The van der Waals surface area contributed by atoms with E-state index in [-0.39, 0.29) is 12.3 Å². The summed E-state index contributed by atoms with van der Waals surface area (Å²) in [7, 11) is 0. The van der Waals surface area contributed by atoms with E-state index in [9.17, 15) is 19.2 Å². The average molecular weight is 374 g/mol. The molecule has 26 heavy (non-hydrogen) atoms. The highest BCUT2D eigenvalue weighted by atomic mass is 16.4. The lowest BCUT2D eigenvalue weighted by Crippen LogP contribution is -2.55. The van der Waals surface area contributed by atoms with Crippen LogP contribution in [-0.4, -0.2) is 58.6 Å². The Bertz CT molecular complexity index is 497. The van der Waals surface area contributed by atoms with Crippen molar-refractivity contribution in [2.45, 2.75) is 64.1 Å². The summed E-state index contributed by atoms with van der Waals surface area (Å²) in [6.45, 7) is 4.16. The molecule has 0 radical (unpaired) electrons. The molecule has 0 spiro atoms. The van der Waals surface area contributed by atoms with Gasteiger partial charge in [0.1, 0.15) is 12.1 Å². The molecule has 3 unspecified atom stereocenters. The fourth-order valence-corrected chi connectivity index (χ4v) is 2.27. The second-order valence-electron chi connectivity index (χ2n) is 6.58. The number of nitrogens with one attached hydrogen (secondary N) is 2. The third kappa shape index (κ3) is 9.94. The van der Waals surface area contributed by atoms with Gasteiger partial charge in [-0.15, -0.1) is 0 Å². The molecule has 0 aromatic heterocycles. The molecular weight excluding hydrogens is 344 g/mol. The first-order valence-electron chi connectivity index (χ1n) is 8.59. The van der Waals surface area contributed by atoms with E-state index in [0.717, 1.165) is 6.42 Å². The molecule has 0 rings (SSSR count). The molecule has 2 amide bonds. The maximum absolute atomic E-state index is 12.4. The standard InChI is InChI=1S/C16H30N4O6/c1-9(2)7-11(19-14(23)10(18)5-3-4-6-17)15(24)20-12(16(25)26)8-13(21)22/h9-12H,3-8,17-18H2,1-2H3,(H,19,23)(H,20,24)(H,21,22)(H,25,26). The Hall–Kier alpha value is -2.20. The van der Waals surface area contributed by atoms with E-state index in [1.54, 1.807) is 0 Å². The second-order valence-corrected chi connectivity index (χ2v) is 6.58. The van der Waals surface area contributed by atoms with Crippen LogP contribution in [0, 0.1) is 5.92 Å². The fraction of sp³-hybridized carbons (Fsp3) is 0.750. The molecule has 0 fully saturated rings. The maximum atomic E-state index is 12.4. The highest BCUT2D eigenvalue weighted by Crippen LogP contribution is 2.07. The molecule has 10 nitrogen and oxygen atoms in total. The van der Waals surface area contributed by atoms with Crippen molar-refractivity contribution in [3.63, 3.8) is 0 Å². The van der Waals surface area contributed by atoms with Crippen LogP contribution in [0.15, 0.2) is 0 Å². The minimum Gasteiger partial charge on any atom is -0.481 e. The number of carbonyl (C=O) groups is 4. The largest absolute Gasteiger partial charge is 0.481 e. The Kier molecular flexibility index (Phi) is 11.2. The van der Waals surface area contributed by atoms with Crippen LogP contribution in [-0.2, 0) is 19.2 Å². The molecule has 0 aliphatic carbocycles. The van der Waals surface area contributed by atoms with Gasteiger partial charge in [-0.25, -0.2) is 4.79 Å². The van der Waals surface area contributed by atoms with Gasteiger partial charge in [-0.1, -0.05) is 20.3 Å². The Morgan fingerprint density at radius 3 is 2.00 bits per heavy atom. The number of carboxylic acids is 2. The molecule has 0 aliphatic rings. The Balaban J connectivity index is 4.94. The lowest BCUT2D eigenvalue weighted by molar-refractivity contribution is -0.147. The van der Waals surface area contributed by atoms with Crippen LogP contribution in [0.3, 0.4) is 0 Å². The fourth-order valence-electron chi connectivity index (χ4n) is 2.27. The van der Waals surface area contributed by atoms with Crippen LogP contribution in [0.4, 0.5) is 0 Å². The van der Waals surface area contributed by atoms with Crippen molar-refractivity contribution < 1.29 is 29.4 Å². The van der Waals surface area contributed by atoms with Gasteiger partial charge in [0.2, 0.25) is 11.8 Å². The van der Waals surface area contributed by atoms with Crippen LogP contribution in [0.5, 0.6) is 0 Å². The number of hydrogen-bond donors (Lipinski definition) is 6. The van der Waals surface area contributed by atoms with Crippen molar-refractivity contribution in [3.05, 3.63) is 0 Å². The smallest absolute Gasteiger partial charge is 0.326 e. The molecular formula is C16H30N4O6. The van der Waals surface area contributed by atoms with Gasteiger partial charge in [0.15, 0.2) is 0 Å². The summed E-state index contributed by atoms with van der Waals surface area (Å²) in [4.78, 5) is 46.3. The summed E-state index contributed by atoms with van der Waals surface area (Å²) < 4.78 is 0. The SMILES string of the molecule is CC(C)CC(NC(=O)C(N)CCCCN)C(=O)NC(CC(=O)O)C(=O)O. The molecule has 8 N–H and O–H groups in total. The summed E-state index contributed by atoms with van der Waals surface area (Å²) in [5.41, 5.74) is 11.2. The highest BCUT2D eigenvalue weighted by Gasteiger charge is 2.29. The minimum atomic E-state index is -1.58. The number of amides is 2. The van der Waals surface area contributed by atoms with Gasteiger partial charge in [-0.05, 0) is 31.7 Å². The number of rotatable bonds is 13. The van der Waals surface area contributed by atoms with Gasteiger partial charge in [-0.2, -0.15) is 0 Å². The molecule has 0 saturated carbocycles. The molecule has 0 aromatic rings. The highest BCUT2D eigenvalue weighted by molar-refractivity contribution is 5.92. The zero-order valence-electron chi connectivity index (χ0n) is 15.2. The zero-order valence-corrected chi connectivity index (χ0v) is 15.2. The number of carbonyl (C=O) groups excluding carboxylic acids is 2. The first kappa shape index (κ1) is 23.8. The van der Waals surface area contributed by atoms with Crippen molar-refractivity contribution in [2.75, 3.05) is 6.54 Å². The van der Waals surface area contributed by atoms with Gasteiger partial charge >= 0.3 is 11.9 Å². The van der Waals surface area contributed by atoms with Crippen LogP contribution in [0.2, 0.25) is 0 Å². The van der Waals surface area contributed by atoms with E-state index in [1.807, 2.05) is 13.8 Å². The maximum Gasteiger partial charge on any atom is 0.326 e. The second kappa shape index (κ2) is 12.2. The van der Waals surface area contributed by atoms with Gasteiger partial charge in [0.25, 0.3) is 0 Å². The number of hydrogen-bond acceptors (Lipinski definition) is 6. The van der Waals surface area contributed by atoms with Crippen molar-refractivity contribution in [1.82, 2.24) is 10.6 Å². The molecule has 10 heteroatoms. The third-order valence-corrected chi connectivity index (χ3v) is 3.64. The quantitative estimate of drug-likeness (QED) is 0.222. The first-order chi connectivity index (χ1) is 12.1. The molecule has 0 heterocycles. The van der Waals surface area contributed by atoms with Gasteiger partial charge in [-0.3, -0.25) is 14.4 Å². The lowest BCUT2D eigenvalue weighted by Gasteiger charge is -2.23. The van der Waals surface area contributed by atoms with Crippen LogP contribution in [0.25, 0.3) is 0 Å². The Morgan fingerprint density at radius 2 is 1.54 bits per heavy atom. The van der Waals surface area contributed by atoms with E-state index < -0.39 is 48.3 Å². The van der Waals surface area contributed by atoms with Crippen molar-refractivity contribution in [2.24, 2.45) is 17.4 Å². The topological polar surface area (TPSA) is 185 Å². The normalized spacial score (nSPS) is 14.3. The summed E-state index contributed by atoms with van der Waals surface area (Å²) in [6, 6.07) is -3.39. The van der Waals surface area contributed by atoms with E-state index in [0.29, 0.717) is 19.4 Å². The molecule has 150 valence electrons. The predicted octanol–water partition coefficient (Wildman–Crippen LogP) is -0.982. The summed E-state index contributed by atoms with van der Waals surface area (Å²) >= 11 is 0. The zero-order chi connectivity index (χ0) is 20.3. The van der Waals surface area contributed by atoms with Crippen molar-refractivity contribution >= 4 is 23.8 Å². The van der Waals surface area contributed by atoms with Crippen LogP contribution < -0.4 is 22.1 Å². The minimum absolute atomic E-state index is 0.0299. The van der Waals surface area contributed by atoms with E-state index >= 15 is 0 Å². The summed E-state index contributed by atoms with van der Waals surface area (Å²) in [5, 5.41) is 22.5. The van der Waals surface area contributed by atoms with E-state index in [2.05, 4.69) is 10.6 Å². The third-order valence-electron chi connectivity index (χ3n) is 3.64. The molecule has 3 atom stereocenters. The molecule has 0 aliphatic heterocycles. The Morgan fingerprint density at radius 1 is 0.962 bits per heavy atom. The van der Waals surface area contributed by atoms with E-state index in [1.165, 1.54) is 0 Å². The summed E-state index contributed by atoms with van der Waals surface area (Å²) in [6.07, 6.45) is 1.31. The Labute approximate surface area is 152 Å². The van der Waals surface area contributed by atoms with Crippen molar-refractivity contribution in [3.8, 4) is 0 Å². The number of aliphatic carboxylic acids is 2. The average Bonchev–Trinajstić information content (AvgIpc) is 2.52. The number of carboxylic acid groups (broad SMARTS) is 2. The molecule has 0 bridgehead atoms. The van der Waals surface area contributed by atoms with Gasteiger partial charge in [0, 0.05) is 0 Å². The predicted molar refractivity (Wildman–Crippen MR) is 94.1 cm³/mol. The summed E-state index contributed by atoms with van der Waals surface area (Å²) in [5.74, 6) is -4.07. The van der Waals surface area contributed by atoms with Crippen molar-refractivity contribution in [1.29, 1.82) is 0 Å². The van der Waals surface area contributed by atoms with Gasteiger partial charge in [0.05, 0.1) is 12.5 Å². The van der Waals surface area contributed by atoms with E-state index in [4.69, 9.17) is 21.7 Å². The number of unbranched alkanes of at least 4 members (excludes halogenated alkanes) is 1. The lowest BCUT2D eigenvalue weighted by atomic mass is 10.0. The van der Waals surface area contributed by atoms with Crippen LogP contribution in [0.1, 0.15) is 46.0 Å².